The van der Waals surface area contributed by atoms with E-state index in [0.717, 1.165) is 60.8 Å². The third-order valence-electron chi connectivity index (χ3n) is 8.37. The van der Waals surface area contributed by atoms with Gasteiger partial charge in [-0.1, -0.05) is 109 Å². The topological polar surface area (TPSA) is 38.9 Å². The Morgan fingerprint density at radius 2 is 0.951 bits per heavy atom. The maximum absolute atomic E-state index is 6.54. The van der Waals surface area contributed by atoms with Crippen LogP contribution < -0.4 is 0 Å². The molecule has 0 saturated carbocycles. The quantitative estimate of drug-likeness (QED) is 0.215. The minimum atomic E-state index is 0.889. The second kappa shape index (κ2) is 8.48. The summed E-state index contributed by atoms with van der Waals surface area (Å²) in [4.78, 5) is 9.52. The number of benzene rings is 6. The zero-order valence-electron chi connectivity index (χ0n) is 22.0. The SMILES string of the molecule is c1ccc2c(c1)-c1ccccc1-c1c(ccc3nccnc13)-c1cccc(-c3cccc4c3oc3ccccc34)c1-2. The van der Waals surface area contributed by atoms with Gasteiger partial charge in [0.15, 0.2) is 0 Å². The van der Waals surface area contributed by atoms with E-state index in [-0.39, 0.29) is 0 Å². The van der Waals surface area contributed by atoms with Gasteiger partial charge in [0.25, 0.3) is 0 Å². The number of nitrogens with zero attached hydrogens (tertiary/aromatic N) is 2. The summed E-state index contributed by atoms with van der Waals surface area (Å²) in [5.74, 6) is 0. The van der Waals surface area contributed by atoms with Crippen LogP contribution in [0.3, 0.4) is 0 Å². The normalized spacial score (nSPS) is 11.9. The third-order valence-corrected chi connectivity index (χ3v) is 8.37. The first-order valence-electron chi connectivity index (χ1n) is 13.8. The summed E-state index contributed by atoms with van der Waals surface area (Å²) in [5, 5.41) is 2.26. The Kier molecular flexibility index (Phi) is 4.61. The Morgan fingerprint density at radius 1 is 0.390 bits per heavy atom. The molecule has 0 atom stereocenters. The van der Waals surface area contributed by atoms with Crippen molar-refractivity contribution < 1.29 is 4.42 Å². The van der Waals surface area contributed by atoms with Gasteiger partial charge in [0, 0.05) is 34.3 Å². The van der Waals surface area contributed by atoms with Crippen molar-refractivity contribution in [2.24, 2.45) is 0 Å². The summed E-state index contributed by atoms with van der Waals surface area (Å²) in [7, 11) is 0. The largest absolute Gasteiger partial charge is 0.455 e. The van der Waals surface area contributed by atoms with Gasteiger partial charge in [-0.25, -0.2) is 0 Å². The molecule has 0 amide bonds. The Balaban J connectivity index is 1.47. The lowest BCUT2D eigenvalue weighted by atomic mass is 9.78. The highest BCUT2D eigenvalue weighted by Crippen LogP contribution is 2.52. The van der Waals surface area contributed by atoms with E-state index in [0.29, 0.717) is 0 Å². The molecule has 41 heavy (non-hydrogen) atoms. The van der Waals surface area contributed by atoms with Gasteiger partial charge >= 0.3 is 0 Å². The predicted octanol–water partition coefficient (Wildman–Crippen LogP) is 10.2. The highest BCUT2D eigenvalue weighted by molar-refractivity contribution is 6.15. The highest BCUT2D eigenvalue weighted by atomic mass is 16.3. The Labute approximate surface area is 236 Å². The van der Waals surface area contributed by atoms with E-state index in [4.69, 9.17) is 9.40 Å². The first-order valence-corrected chi connectivity index (χ1v) is 13.8. The van der Waals surface area contributed by atoms with Crippen molar-refractivity contribution in [2.45, 2.75) is 0 Å². The lowest BCUT2D eigenvalue weighted by molar-refractivity contribution is 0.670. The van der Waals surface area contributed by atoms with Crippen molar-refractivity contribution in [3.8, 4) is 55.6 Å². The summed E-state index contributed by atoms with van der Waals surface area (Å²) in [6.45, 7) is 0. The van der Waals surface area contributed by atoms with Gasteiger partial charge < -0.3 is 4.42 Å². The summed E-state index contributed by atoms with van der Waals surface area (Å²) >= 11 is 0. The molecule has 0 spiro atoms. The molecule has 0 saturated heterocycles. The molecule has 3 nitrogen and oxygen atoms in total. The molecule has 2 heterocycles. The fraction of sp³-hybridized carbons (Fsp3) is 0. The van der Waals surface area contributed by atoms with Crippen LogP contribution in [0, 0.1) is 0 Å². The molecular weight excluding hydrogens is 500 g/mol. The van der Waals surface area contributed by atoms with Crippen molar-refractivity contribution in [1.29, 1.82) is 0 Å². The fourth-order valence-electron chi connectivity index (χ4n) is 6.66. The summed E-state index contributed by atoms with van der Waals surface area (Å²) in [6, 6.07) is 43.1. The molecule has 9 rings (SSSR count). The maximum atomic E-state index is 6.54. The van der Waals surface area contributed by atoms with Crippen LogP contribution in [0.5, 0.6) is 0 Å². The van der Waals surface area contributed by atoms with Crippen molar-refractivity contribution in [1.82, 2.24) is 9.97 Å². The van der Waals surface area contributed by atoms with Crippen molar-refractivity contribution in [3.63, 3.8) is 0 Å². The Bertz CT molecular complexity index is 2330. The van der Waals surface area contributed by atoms with Crippen LogP contribution >= 0.6 is 0 Å². The minimum Gasteiger partial charge on any atom is -0.455 e. The number of furan rings is 1. The first kappa shape index (κ1) is 22.3. The van der Waals surface area contributed by atoms with Crippen LogP contribution in [-0.4, -0.2) is 9.97 Å². The van der Waals surface area contributed by atoms with Crippen molar-refractivity contribution in [2.75, 3.05) is 0 Å². The second-order valence-electron chi connectivity index (χ2n) is 10.5. The number of rotatable bonds is 1. The van der Waals surface area contributed by atoms with Gasteiger partial charge in [0.05, 0.1) is 11.0 Å². The molecule has 0 unspecified atom stereocenters. The van der Waals surface area contributed by atoms with Gasteiger partial charge in [-0.2, -0.15) is 0 Å². The molecule has 0 radical (unpaired) electrons. The third kappa shape index (κ3) is 3.14. The van der Waals surface area contributed by atoms with E-state index < -0.39 is 0 Å². The molecule has 1 aliphatic rings. The Morgan fingerprint density at radius 3 is 1.78 bits per heavy atom. The molecule has 2 aromatic heterocycles. The van der Waals surface area contributed by atoms with E-state index in [2.05, 4.69) is 114 Å². The number of aromatic nitrogens is 2. The predicted molar refractivity (Wildman–Crippen MR) is 168 cm³/mol. The monoisotopic (exact) mass is 522 g/mol. The van der Waals surface area contributed by atoms with Gasteiger partial charge in [-0.05, 0) is 56.6 Å². The minimum absolute atomic E-state index is 0.889. The van der Waals surface area contributed by atoms with Gasteiger partial charge in [0.1, 0.15) is 11.2 Å². The zero-order valence-corrected chi connectivity index (χ0v) is 22.0. The molecule has 1 aliphatic carbocycles. The van der Waals surface area contributed by atoms with Crippen LogP contribution in [0.2, 0.25) is 0 Å². The highest BCUT2D eigenvalue weighted by Gasteiger charge is 2.26. The number of para-hydroxylation sites is 2. The summed E-state index contributed by atoms with van der Waals surface area (Å²) < 4.78 is 6.54. The molecule has 0 fully saturated rings. The summed E-state index contributed by atoms with van der Waals surface area (Å²) in [5.41, 5.74) is 15.2. The lowest BCUT2D eigenvalue weighted by Gasteiger charge is -2.25. The number of hydrogen-bond donors (Lipinski definition) is 0. The van der Waals surface area contributed by atoms with Gasteiger partial charge in [-0.3, -0.25) is 9.97 Å². The molecule has 3 heteroatoms. The maximum Gasteiger partial charge on any atom is 0.143 e. The van der Waals surface area contributed by atoms with E-state index in [9.17, 15) is 0 Å². The first-order chi connectivity index (χ1) is 20.4. The lowest BCUT2D eigenvalue weighted by Crippen LogP contribution is -2.00. The van der Waals surface area contributed by atoms with Crippen LogP contribution in [0.4, 0.5) is 0 Å². The van der Waals surface area contributed by atoms with Gasteiger partial charge in [0.2, 0.25) is 0 Å². The van der Waals surface area contributed by atoms with Crippen LogP contribution in [-0.2, 0) is 0 Å². The second-order valence-corrected chi connectivity index (χ2v) is 10.5. The smallest absolute Gasteiger partial charge is 0.143 e. The molecular formula is C38H22N2O. The zero-order chi connectivity index (χ0) is 26.9. The number of hydrogen-bond acceptors (Lipinski definition) is 3. The average Bonchev–Trinajstić information content (AvgIpc) is 3.42. The Hall–Kier alpha value is -5.54. The van der Waals surface area contributed by atoms with Crippen LogP contribution in [0.1, 0.15) is 0 Å². The molecule has 0 N–H and O–H groups in total. The molecule has 6 aromatic carbocycles. The van der Waals surface area contributed by atoms with Crippen molar-refractivity contribution in [3.05, 3.63) is 134 Å². The van der Waals surface area contributed by atoms with Gasteiger partial charge in [-0.15, -0.1) is 0 Å². The average molecular weight is 523 g/mol. The van der Waals surface area contributed by atoms with Crippen molar-refractivity contribution >= 4 is 33.0 Å². The van der Waals surface area contributed by atoms with E-state index in [1.165, 1.54) is 27.8 Å². The summed E-state index contributed by atoms with van der Waals surface area (Å²) in [6.07, 6.45) is 3.55. The van der Waals surface area contributed by atoms with Crippen LogP contribution in [0.25, 0.3) is 88.6 Å². The van der Waals surface area contributed by atoms with Crippen LogP contribution in [0.15, 0.2) is 138 Å². The van der Waals surface area contributed by atoms with E-state index in [1.54, 1.807) is 12.4 Å². The standard InChI is InChI=1S/C38H22N2O/c1-3-12-26-23(9-1)24-10-2-4-13-27(24)36-30(19-20-33-37(36)40-22-21-39-33)28-14-7-15-29(35(26)28)32-17-8-16-31-25-11-5-6-18-34(25)41-38(31)32/h1-22H. The molecule has 8 aromatic rings. The molecule has 0 aliphatic heterocycles. The van der Waals surface area contributed by atoms with E-state index >= 15 is 0 Å². The fourth-order valence-corrected chi connectivity index (χ4v) is 6.66. The molecule has 0 bridgehead atoms. The number of fused-ring (bicyclic) bond motifs is 13. The molecule has 190 valence electrons. The van der Waals surface area contributed by atoms with E-state index in [1.807, 2.05) is 12.1 Å².